The van der Waals surface area contributed by atoms with Gasteiger partial charge < -0.3 is 19.7 Å². The Balaban J connectivity index is 1.63. The highest BCUT2D eigenvalue weighted by Gasteiger charge is 2.30. The summed E-state index contributed by atoms with van der Waals surface area (Å²) in [7, 11) is 3.22. The van der Waals surface area contributed by atoms with Crippen molar-refractivity contribution in [3.8, 4) is 5.75 Å². The Bertz CT molecular complexity index is 685. The molecule has 0 aromatic heterocycles. The Labute approximate surface area is 167 Å². The lowest BCUT2D eigenvalue weighted by atomic mass is 9.92. The van der Waals surface area contributed by atoms with Gasteiger partial charge in [0.1, 0.15) is 5.75 Å². The van der Waals surface area contributed by atoms with Gasteiger partial charge in [-0.1, -0.05) is 25.3 Å². The number of methoxy groups -OCH3 is 2. The third-order valence-corrected chi connectivity index (χ3v) is 5.86. The topological polar surface area (TPSA) is 67.9 Å². The molecule has 2 fully saturated rings. The van der Waals surface area contributed by atoms with Crippen LogP contribution in [-0.2, 0) is 16.1 Å². The molecule has 0 bridgehead atoms. The molecular weight excluding hydrogens is 356 g/mol. The van der Waals surface area contributed by atoms with Crippen LogP contribution >= 0.6 is 0 Å². The van der Waals surface area contributed by atoms with E-state index in [9.17, 15) is 9.59 Å². The van der Waals surface area contributed by atoms with Gasteiger partial charge in [-0.2, -0.15) is 0 Å². The minimum Gasteiger partial charge on any atom is -0.496 e. The summed E-state index contributed by atoms with van der Waals surface area (Å²) in [5.74, 6) is 0.598. The lowest BCUT2D eigenvalue weighted by Crippen LogP contribution is -2.47. The number of nitrogens with one attached hydrogen (secondary N) is 1. The molecule has 1 atom stereocenters. The minimum absolute atomic E-state index is 0.0440. The third kappa shape index (κ3) is 5.04. The second-order valence-electron chi connectivity index (χ2n) is 7.89. The molecule has 1 aliphatic carbocycles. The minimum atomic E-state index is -0.116. The first-order valence-corrected chi connectivity index (χ1v) is 10.4. The monoisotopic (exact) mass is 388 g/mol. The second-order valence-corrected chi connectivity index (χ2v) is 7.89. The molecular formula is C22H32N2O4. The molecule has 3 rings (SSSR count). The van der Waals surface area contributed by atoms with Gasteiger partial charge in [-0.05, 0) is 37.8 Å². The molecule has 6 nitrogen and oxygen atoms in total. The van der Waals surface area contributed by atoms with Gasteiger partial charge in [-0.25, -0.2) is 0 Å². The van der Waals surface area contributed by atoms with E-state index in [0.717, 1.165) is 31.2 Å². The van der Waals surface area contributed by atoms with Gasteiger partial charge >= 0.3 is 0 Å². The maximum absolute atomic E-state index is 13.0. The summed E-state index contributed by atoms with van der Waals surface area (Å²) in [5, 5.41) is 3.22. The molecule has 0 radical (unpaired) electrons. The molecule has 1 N–H and O–H groups in total. The molecule has 2 aliphatic rings. The van der Waals surface area contributed by atoms with Crippen molar-refractivity contribution in [2.24, 2.45) is 5.92 Å². The molecule has 28 heavy (non-hydrogen) atoms. The lowest BCUT2D eigenvalue weighted by molar-refractivity contribution is -0.127. The van der Waals surface area contributed by atoms with Crippen LogP contribution in [0.25, 0.3) is 0 Å². The fourth-order valence-electron chi connectivity index (χ4n) is 4.28. The van der Waals surface area contributed by atoms with E-state index in [1.807, 2.05) is 12.1 Å². The van der Waals surface area contributed by atoms with Gasteiger partial charge in [0, 0.05) is 37.4 Å². The van der Waals surface area contributed by atoms with Gasteiger partial charge in [0.25, 0.3) is 5.91 Å². The fourth-order valence-corrected chi connectivity index (χ4v) is 4.28. The van der Waals surface area contributed by atoms with Crippen molar-refractivity contribution >= 4 is 11.8 Å². The van der Waals surface area contributed by atoms with Crippen molar-refractivity contribution in [3.05, 3.63) is 29.3 Å². The van der Waals surface area contributed by atoms with Crippen LogP contribution in [0.3, 0.4) is 0 Å². The Morgan fingerprint density at radius 1 is 1.11 bits per heavy atom. The van der Waals surface area contributed by atoms with Crippen LogP contribution in [0, 0.1) is 5.92 Å². The van der Waals surface area contributed by atoms with Crippen molar-refractivity contribution in [2.45, 2.75) is 57.6 Å². The highest BCUT2D eigenvalue weighted by atomic mass is 16.5. The Morgan fingerprint density at radius 2 is 1.89 bits per heavy atom. The number of hydrogen-bond donors (Lipinski definition) is 1. The zero-order valence-electron chi connectivity index (χ0n) is 17.0. The molecule has 6 heteroatoms. The summed E-state index contributed by atoms with van der Waals surface area (Å²) in [6, 6.07) is 5.75. The number of hydrogen-bond acceptors (Lipinski definition) is 4. The summed E-state index contributed by atoms with van der Waals surface area (Å²) >= 11 is 0. The Kier molecular flexibility index (Phi) is 7.31. The highest BCUT2D eigenvalue weighted by Crippen LogP contribution is 2.25. The van der Waals surface area contributed by atoms with Crippen molar-refractivity contribution < 1.29 is 19.1 Å². The van der Waals surface area contributed by atoms with Crippen molar-refractivity contribution in [2.75, 3.05) is 27.3 Å². The highest BCUT2D eigenvalue weighted by molar-refractivity contribution is 5.95. The smallest absolute Gasteiger partial charge is 0.254 e. The molecule has 154 valence electrons. The summed E-state index contributed by atoms with van der Waals surface area (Å²) < 4.78 is 10.6. The zero-order chi connectivity index (χ0) is 19.9. The third-order valence-electron chi connectivity index (χ3n) is 5.86. The van der Waals surface area contributed by atoms with Crippen molar-refractivity contribution in [1.82, 2.24) is 10.2 Å². The molecule has 0 spiro atoms. The zero-order valence-corrected chi connectivity index (χ0v) is 17.0. The van der Waals surface area contributed by atoms with Crippen molar-refractivity contribution in [1.29, 1.82) is 0 Å². The quantitative estimate of drug-likeness (QED) is 0.813. The predicted molar refractivity (Wildman–Crippen MR) is 107 cm³/mol. The number of ether oxygens (including phenoxy) is 2. The van der Waals surface area contributed by atoms with Gasteiger partial charge in [0.05, 0.1) is 19.6 Å². The standard InChI is InChI=1S/C22H32N2O4/c1-27-15-18-11-10-16(13-20(18)28-2)22(26)24-12-6-7-17(14-24)21(25)23-19-8-4-3-5-9-19/h10-11,13,17,19H,3-9,12,14-15H2,1-2H3,(H,23,25)/t17-/m1/s1. The molecule has 1 saturated heterocycles. The predicted octanol–water partition coefficient (Wildman–Crippen LogP) is 3.14. The van der Waals surface area contributed by atoms with Crippen LogP contribution in [0.1, 0.15) is 60.9 Å². The van der Waals surface area contributed by atoms with Gasteiger partial charge in [0.15, 0.2) is 0 Å². The van der Waals surface area contributed by atoms with Crippen LogP contribution in [0.2, 0.25) is 0 Å². The number of carbonyl (C=O) groups excluding carboxylic acids is 2. The first kappa shape index (κ1) is 20.6. The number of benzene rings is 1. The number of piperidine rings is 1. The molecule has 1 saturated carbocycles. The van der Waals surface area contributed by atoms with Gasteiger partial charge in [0.2, 0.25) is 5.91 Å². The lowest BCUT2D eigenvalue weighted by Gasteiger charge is -2.33. The van der Waals surface area contributed by atoms with E-state index >= 15 is 0 Å². The summed E-state index contributed by atoms with van der Waals surface area (Å²) in [6.07, 6.45) is 7.52. The summed E-state index contributed by atoms with van der Waals surface area (Å²) in [6.45, 7) is 1.61. The number of carbonyl (C=O) groups is 2. The first-order chi connectivity index (χ1) is 13.6. The largest absolute Gasteiger partial charge is 0.496 e. The molecule has 1 aliphatic heterocycles. The average molecular weight is 389 g/mol. The molecule has 0 unspecified atom stereocenters. The molecule has 1 aromatic rings. The van der Waals surface area contributed by atoms with Crippen LogP contribution in [0.5, 0.6) is 5.75 Å². The van der Waals surface area contributed by atoms with E-state index in [4.69, 9.17) is 9.47 Å². The number of likely N-dealkylation sites (tertiary alicyclic amines) is 1. The van der Waals surface area contributed by atoms with Gasteiger partial charge in [-0.3, -0.25) is 9.59 Å². The van der Waals surface area contributed by atoms with Gasteiger partial charge in [-0.15, -0.1) is 0 Å². The van der Waals surface area contributed by atoms with E-state index in [0.29, 0.717) is 37.1 Å². The molecule has 1 aromatic carbocycles. The van der Waals surface area contributed by atoms with Crippen molar-refractivity contribution in [3.63, 3.8) is 0 Å². The first-order valence-electron chi connectivity index (χ1n) is 10.4. The SMILES string of the molecule is COCc1ccc(C(=O)N2CCC[C@@H](C(=O)NC3CCCCC3)C2)cc1OC. The van der Waals surface area contributed by atoms with E-state index < -0.39 is 0 Å². The normalized spacial score (nSPS) is 20.6. The maximum atomic E-state index is 13.0. The Morgan fingerprint density at radius 3 is 2.61 bits per heavy atom. The number of amides is 2. The number of rotatable bonds is 6. The molecule has 1 heterocycles. The van der Waals surface area contributed by atoms with Crippen LogP contribution in [0.4, 0.5) is 0 Å². The van der Waals surface area contributed by atoms with Crippen LogP contribution < -0.4 is 10.1 Å². The van der Waals surface area contributed by atoms with E-state index in [1.54, 1.807) is 25.2 Å². The second kappa shape index (κ2) is 9.92. The fraction of sp³-hybridized carbons (Fsp3) is 0.636. The molecule has 2 amide bonds. The van der Waals surface area contributed by atoms with Crippen LogP contribution in [0.15, 0.2) is 18.2 Å². The van der Waals surface area contributed by atoms with E-state index in [2.05, 4.69) is 5.32 Å². The number of nitrogens with zero attached hydrogens (tertiary/aromatic N) is 1. The summed E-state index contributed by atoms with van der Waals surface area (Å²) in [4.78, 5) is 27.5. The van der Waals surface area contributed by atoms with Crippen LogP contribution in [-0.4, -0.2) is 50.1 Å². The average Bonchev–Trinajstić information content (AvgIpc) is 2.74. The van der Waals surface area contributed by atoms with E-state index in [-0.39, 0.29) is 17.7 Å². The Hall–Kier alpha value is -2.08. The maximum Gasteiger partial charge on any atom is 0.254 e. The summed E-state index contributed by atoms with van der Waals surface area (Å²) in [5.41, 5.74) is 1.50. The van der Waals surface area contributed by atoms with E-state index in [1.165, 1.54) is 19.3 Å².